The summed E-state index contributed by atoms with van der Waals surface area (Å²) in [6.45, 7) is 2.10. The monoisotopic (exact) mass is 321 g/mol. The summed E-state index contributed by atoms with van der Waals surface area (Å²) in [6.07, 6.45) is 0. The molecule has 3 aromatic carbocycles. The van der Waals surface area contributed by atoms with E-state index in [-0.39, 0.29) is 0 Å². The Morgan fingerprint density at radius 2 is 1.48 bits per heavy atom. The van der Waals surface area contributed by atoms with Crippen LogP contribution < -0.4 is 9.46 Å². The molecule has 0 spiro atoms. The molecule has 0 aliphatic rings. The molecule has 0 atom stereocenters. The fourth-order valence-electron chi connectivity index (χ4n) is 2.27. The lowest BCUT2D eigenvalue weighted by Crippen LogP contribution is -1.88. The van der Waals surface area contributed by atoms with Gasteiger partial charge >= 0.3 is 0 Å². The van der Waals surface area contributed by atoms with Crippen LogP contribution in [-0.2, 0) is 0 Å². The minimum Gasteiger partial charge on any atom is -0.497 e. The van der Waals surface area contributed by atoms with E-state index in [9.17, 15) is 0 Å². The van der Waals surface area contributed by atoms with E-state index in [1.54, 1.807) is 19.1 Å². The topological polar surface area (TPSA) is 21.3 Å². The molecule has 23 heavy (non-hydrogen) atoms. The van der Waals surface area contributed by atoms with E-state index in [2.05, 4.69) is 60.2 Å². The van der Waals surface area contributed by atoms with Crippen LogP contribution in [0.25, 0.3) is 11.1 Å². The maximum absolute atomic E-state index is 5.23. The van der Waals surface area contributed by atoms with Gasteiger partial charge in [-0.25, -0.2) is 0 Å². The van der Waals surface area contributed by atoms with Crippen LogP contribution >= 0.6 is 11.9 Å². The summed E-state index contributed by atoms with van der Waals surface area (Å²) in [6, 6.07) is 25.1. The number of aryl methyl sites for hydroxylation is 1. The fraction of sp³-hybridized carbons (Fsp3) is 0.100. The van der Waals surface area contributed by atoms with Gasteiger partial charge in [-0.1, -0.05) is 48.0 Å². The van der Waals surface area contributed by atoms with Crippen molar-refractivity contribution in [1.82, 2.24) is 0 Å². The summed E-state index contributed by atoms with van der Waals surface area (Å²) >= 11 is 1.59. The molecular weight excluding hydrogens is 302 g/mol. The maximum Gasteiger partial charge on any atom is 0.120 e. The van der Waals surface area contributed by atoms with Crippen molar-refractivity contribution in [2.45, 2.75) is 11.8 Å². The van der Waals surface area contributed by atoms with E-state index in [1.165, 1.54) is 21.6 Å². The van der Waals surface area contributed by atoms with Crippen molar-refractivity contribution in [3.63, 3.8) is 0 Å². The summed E-state index contributed by atoms with van der Waals surface area (Å²) in [7, 11) is 1.68. The minimum atomic E-state index is 0.852. The van der Waals surface area contributed by atoms with Gasteiger partial charge < -0.3 is 9.46 Å². The number of hydrogen-bond acceptors (Lipinski definition) is 3. The van der Waals surface area contributed by atoms with Gasteiger partial charge in [0.05, 0.1) is 7.11 Å². The Bertz CT molecular complexity index is 766. The highest BCUT2D eigenvalue weighted by Crippen LogP contribution is 2.26. The number of nitrogens with one attached hydrogen (secondary N) is 1. The first kappa shape index (κ1) is 15.5. The molecule has 0 aromatic heterocycles. The molecule has 0 unspecified atom stereocenters. The number of anilines is 1. The Kier molecular flexibility index (Phi) is 4.89. The van der Waals surface area contributed by atoms with Crippen LogP contribution in [0, 0.1) is 6.92 Å². The van der Waals surface area contributed by atoms with Crippen LogP contribution in [0.5, 0.6) is 5.75 Å². The van der Waals surface area contributed by atoms with Crippen LogP contribution in [0.1, 0.15) is 5.56 Å². The fourth-order valence-corrected chi connectivity index (χ4v) is 2.90. The van der Waals surface area contributed by atoms with Crippen LogP contribution in [0.2, 0.25) is 0 Å². The summed E-state index contributed by atoms with van der Waals surface area (Å²) < 4.78 is 8.57. The Balaban J connectivity index is 1.66. The third-order valence-corrected chi connectivity index (χ3v) is 4.44. The number of methoxy groups -OCH3 is 1. The molecule has 3 rings (SSSR count). The summed E-state index contributed by atoms with van der Waals surface area (Å²) in [5.74, 6) is 0.852. The van der Waals surface area contributed by atoms with Crippen LogP contribution in [-0.4, -0.2) is 7.11 Å². The van der Waals surface area contributed by atoms with Gasteiger partial charge in [-0.15, -0.1) is 0 Å². The second-order valence-corrected chi connectivity index (χ2v) is 6.21. The van der Waals surface area contributed by atoms with Crippen LogP contribution in [0.3, 0.4) is 0 Å². The molecule has 0 amide bonds. The second-order valence-electron chi connectivity index (χ2n) is 5.33. The van der Waals surface area contributed by atoms with Gasteiger partial charge in [-0.2, -0.15) is 0 Å². The molecule has 0 aliphatic carbocycles. The van der Waals surface area contributed by atoms with Crippen molar-refractivity contribution in [1.29, 1.82) is 0 Å². The zero-order chi connectivity index (χ0) is 16.1. The average molecular weight is 321 g/mol. The summed E-state index contributed by atoms with van der Waals surface area (Å²) in [5, 5.41) is 0. The SMILES string of the molecule is COc1cccc(NSc2ccc(-c3ccc(C)cc3)cc2)c1. The Morgan fingerprint density at radius 1 is 0.826 bits per heavy atom. The van der Waals surface area contributed by atoms with E-state index < -0.39 is 0 Å². The smallest absolute Gasteiger partial charge is 0.120 e. The van der Waals surface area contributed by atoms with Gasteiger partial charge in [0.25, 0.3) is 0 Å². The quantitative estimate of drug-likeness (QED) is 0.601. The minimum absolute atomic E-state index is 0.852. The second kappa shape index (κ2) is 7.25. The highest BCUT2D eigenvalue weighted by Gasteiger charge is 2.00. The molecule has 116 valence electrons. The van der Waals surface area contributed by atoms with Crippen molar-refractivity contribution in [2.75, 3.05) is 11.8 Å². The molecule has 0 bridgehead atoms. The van der Waals surface area contributed by atoms with Gasteiger partial charge in [0, 0.05) is 16.6 Å². The first-order chi connectivity index (χ1) is 11.2. The standard InChI is InChI=1S/C20H19NOS/c1-15-6-8-16(9-7-15)17-10-12-20(13-11-17)23-21-18-4-3-5-19(14-18)22-2/h3-14,21H,1-2H3. The third kappa shape index (κ3) is 4.08. The van der Waals surface area contributed by atoms with E-state index in [0.29, 0.717) is 0 Å². The van der Waals surface area contributed by atoms with Crippen molar-refractivity contribution >= 4 is 17.6 Å². The zero-order valence-electron chi connectivity index (χ0n) is 13.2. The number of hydrogen-bond donors (Lipinski definition) is 1. The number of ether oxygens (including phenoxy) is 1. The Labute approximate surface area is 141 Å². The van der Waals surface area contributed by atoms with E-state index >= 15 is 0 Å². The van der Waals surface area contributed by atoms with E-state index in [0.717, 1.165) is 11.4 Å². The van der Waals surface area contributed by atoms with Crippen molar-refractivity contribution in [3.05, 3.63) is 78.4 Å². The normalized spacial score (nSPS) is 10.3. The van der Waals surface area contributed by atoms with E-state index in [1.807, 2.05) is 24.3 Å². The molecule has 0 aliphatic heterocycles. The molecule has 3 heteroatoms. The molecular formula is C20H19NOS. The van der Waals surface area contributed by atoms with Crippen molar-refractivity contribution in [2.24, 2.45) is 0 Å². The molecule has 0 radical (unpaired) electrons. The van der Waals surface area contributed by atoms with Crippen molar-refractivity contribution in [3.8, 4) is 16.9 Å². The summed E-state index contributed by atoms with van der Waals surface area (Å²) in [4.78, 5) is 1.17. The summed E-state index contributed by atoms with van der Waals surface area (Å²) in [5.41, 5.74) is 4.78. The largest absolute Gasteiger partial charge is 0.497 e. The molecule has 1 N–H and O–H groups in total. The van der Waals surface area contributed by atoms with Gasteiger partial charge in [-0.05, 0) is 54.3 Å². The molecule has 2 nitrogen and oxygen atoms in total. The lowest BCUT2D eigenvalue weighted by Gasteiger charge is -2.08. The predicted molar refractivity (Wildman–Crippen MR) is 99.1 cm³/mol. The maximum atomic E-state index is 5.23. The van der Waals surface area contributed by atoms with Crippen LogP contribution in [0.15, 0.2) is 77.7 Å². The van der Waals surface area contributed by atoms with E-state index in [4.69, 9.17) is 4.74 Å². The molecule has 0 heterocycles. The lowest BCUT2D eigenvalue weighted by atomic mass is 10.0. The Morgan fingerprint density at radius 3 is 2.13 bits per heavy atom. The first-order valence-electron chi connectivity index (χ1n) is 7.48. The zero-order valence-corrected chi connectivity index (χ0v) is 14.1. The number of rotatable bonds is 5. The van der Waals surface area contributed by atoms with Crippen LogP contribution in [0.4, 0.5) is 5.69 Å². The highest BCUT2D eigenvalue weighted by atomic mass is 32.2. The average Bonchev–Trinajstić information content (AvgIpc) is 2.61. The third-order valence-electron chi connectivity index (χ3n) is 3.60. The van der Waals surface area contributed by atoms with Crippen molar-refractivity contribution < 1.29 is 4.74 Å². The first-order valence-corrected chi connectivity index (χ1v) is 8.30. The van der Waals surface area contributed by atoms with Gasteiger partial charge in [0.2, 0.25) is 0 Å². The van der Waals surface area contributed by atoms with Gasteiger partial charge in [-0.3, -0.25) is 0 Å². The molecule has 0 saturated heterocycles. The Hall–Kier alpha value is -2.39. The lowest BCUT2D eigenvalue weighted by molar-refractivity contribution is 0.415. The molecule has 0 saturated carbocycles. The molecule has 0 fully saturated rings. The molecule has 3 aromatic rings. The van der Waals surface area contributed by atoms with Gasteiger partial charge in [0.1, 0.15) is 5.75 Å². The predicted octanol–water partition coefficient (Wildman–Crippen LogP) is 5.79. The number of benzene rings is 3. The van der Waals surface area contributed by atoms with Gasteiger partial charge in [0.15, 0.2) is 0 Å². The highest BCUT2D eigenvalue weighted by molar-refractivity contribution is 8.00.